The molecule has 0 aromatic heterocycles. The number of carbonyl (C=O) groups is 2. The molecule has 42 heavy (non-hydrogen) atoms. The first-order valence-electron chi connectivity index (χ1n) is 13.8. The summed E-state index contributed by atoms with van der Waals surface area (Å²) >= 11 is 1.51. The molecular weight excluding hydrogens is 560 g/mol. The third-order valence-corrected chi connectivity index (χ3v) is 7.32. The molecule has 2 amide bonds. The molecule has 2 atom stereocenters. The Morgan fingerprint density at radius 2 is 1.57 bits per heavy atom. The summed E-state index contributed by atoms with van der Waals surface area (Å²) in [5.41, 5.74) is 7.27. The Labute approximate surface area is 250 Å². The Morgan fingerprint density at radius 1 is 0.905 bits per heavy atom. The predicted octanol–water partition coefficient (Wildman–Crippen LogP) is 3.51. The molecule has 0 spiro atoms. The number of aliphatic hydroxyl groups is 1. The Bertz CT molecular complexity index is 1260. The average Bonchev–Trinajstić information content (AvgIpc) is 2.94. The van der Waals surface area contributed by atoms with E-state index in [2.05, 4.69) is 34.1 Å². The predicted molar refractivity (Wildman–Crippen MR) is 162 cm³/mol. The minimum absolute atomic E-state index is 0.165. The highest BCUT2D eigenvalue weighted by molar-refractivity contribution is 7.97. The molecule has 0 radical (unpaired) electrons. The highest BCUT2D eigenvalue weighted by atomic mass is 32.2. The van der Waals surface area contributed by atoms with Crippen molar-refractivity contribution in [1.82, 2.24) is 20.3 Å². The van der Waals surface area contributed by atoms with Crippen molar-refractivity contribution in [2.24, 2.45) is 5.92 Å². The molecule has 226 valence electrons. The van der Waals surface area contributed by atoms with Crippen LogP contribution < -0.4 is 21.7 Å². The third kappa shape index (κ3) is 11.4. The van der Waals surface area contributed by atoms with E-state index in [0.717, 1.165) is 22.6 Å². The number of hydrogen-bond donors (Lipinski definition) is 5. The zero-order valence-electron chi connectivity index (χ0n) is 23.9. The van der Waals surface area contributed by atoms with Crippen LogP contribution in [0.1, 0.15) is 25.0 Å². The number of nitrogen functional groups attached to an aromatic ring is 1. The zero-order valence-corrected chi connectivity index (χ0v) is 24.7. The molecule has 0 unspecified atom stereocenters. The van der Waals surface area contributed by atoms with Crippen LogP contribution in [0.3, 0.4) is 0 Å². The van der Waals surface area contributed by atoms with E-state index in [1.807, 2.05) is 54.6 Å². The van der Waals surface area contributed by atoms with E-state index in [0.29, 0.717) is 24.6 Å². The summed E-state index contributed by atoms with van der Waals surface area (Å²) in [5, 5.41) is 19.4. The number of rotatable bonds is 16. The molecule has 0 bridgehead atoms. The van der Waals surface area contributed by atoms with Crippen LogP contribution in [0.5, 0.6) is 0 Å². The molecule has 3 aromatic carbocycles. The maximum absolute atomic E-state index is 13.8. The van der Waals surface area contributed by atoms with Crippen molar-refractivity contribution in [1.29, 1.82) is 0 Å². The van der Waals surface area contributed by atoms with Crippen LogP contribution in [0.15, 0.2) is 77.7 Å². The second-order valence-electron chi connectivity index (χ2n) is 10.4. The van der Waals surface area contributed by atoms with E-state index in [1.165, 1.54) is 18.0 Å². The Morgan fingerprint density at radius 3 is 2.21 bits per heavy atom. The fraction of sp³-hybridized carbons (Fsp3) is 0.355. The largest absolute Gasteiger partial charge is 0.399 e. The van der Waals surface area contributed by atoms with Crippen LogP contribution in [-0.2, 0) is 22.6 Å². The summed E-state index contributed by atoms with van der Waals surface area (Å²) in [6.07, 6.45) is -0.526. The average molecular weight is 600 g/mol. The lowest BCUT2D eigenvalue weighted by Gasteiger charge is -2.30. The van der Waals surface area contributed by atoms with Crippen LogP contribution in [0.2, 0.25) is 0 Å². The first kappa shape index (κ1) is 33.0. The lowest BCUT2D eigenvalue weighted by Crippen LogP contribution is -2.51. The Kier molecular flexibility index (Phi) is 13.2. The molecule has 0 aliphatic heterocycles. The highest BCUT2D eigenvalue weighted by Gasteiger charge is 2.25. The minimum atomic E-state index is -0.915. The van der Waals surface area contributed by atoms with Gasteiger partial charge in [-0.1, -0.05) is 50.2 Å². The molecule has 0 heterocycles. The summed E-state index contributed by atoms with van der Waals surface area (Å²) in [7, 11) is 0. The summed E-state index contributed by atoms with van der Waals surface area (Å²) in [5.74, 6) is -2.05. The van der Waals surface area contributed by atoms with E-state index in [1.54, 1.807) is 0 Å². The van der Waals surface area contributed by atoms with Gasteiger partial charge in [0.15, 0.2) is 0 Å². The maximum Gasteiger partial charge on any atom is 0.239 e. The lowest BCUT2D eigenvalue weighted by atomic mass is 10.0. The number of nitrogens with two attached hydrogens (primary N) is 1. The fourth-order valence-corrected chi connectivity index (χ4v) is 5.38. The van der Waals surface area contributed by atoms with Gasteiger partial charge in [-0.2, -0.15) is 0 Å². The van der Waals surface area contributed by atoms with Crippen molar-refractivity contribution in [2.75, 3.05) is 31.9 Å². The molecule has 11 heteroatoms. The van der Waals surface area contributed by atoms with Crippen molar-refractivity contribution in [3.05, 3.63) is 95.6 Å². The summed E-state index contributed by atoms with van der Waals surface area (Å²) in [4.78, 5) is 26.1. The van der Waals surface area contributed by atoms with Gasteiger partial charge >= 0.3 is 0 Å². The van der Waals surface area contributed by atoms with Gasteiger partial charge in [0.1, 0.15) is 11.6 Å². The molecule has 0 saturated heterocycles. The fourth-order valence-electron chi connectivity index (χ4n) is 4.22. The number of benzene rings is 3. The number of anilines is 1. The highest BCUT2D eigenvalue weighted by Crippen LogP contribution is 2.25. The Balaban J connectivity index is 1.58. The summed E-state index contributed by atoms with van der Waals surface area (Å²) < 4.78 is 29.6. The van der Waals surface area contributed by atoms with E-state index in [9.17, 15) is 23.5 Å². The van der Waals surface area contributed by atoms with Gasteiger partial charge in [-0.25, -0.2) is 13.1 Å². The van der Waals surface area contributed by atoms with E-state index < -0.39 is 35.6 Å². The quantitative estimate of drug-likeness (QED) is 0.126. The molecule has 0 aliphatic carbocycles. The number of carbonyl (C=O) groups excluding carboxylic acids is 2. The molecule has 3 rings (SSSR count). The Hall–Kier alpha value is -3.51. The van der Waals surface area contributed by atoms with Gasteiger partial charge in [-0.3, -0.25) is 9.59 Å². The standard InChI is InChI=1S/C31H39F2N5O3S/c1-21(2)19-38(42-24-13-11-23(34)12-14-24)20-29(39)28(15-22-7-4-3-5-8-22)37-31(41)18-36-30(40)17-35-16-25-26(32)9-6-10-27(25)33/h3-14,21,28-29,35,39H,15-20,34H2,1-2H3,(H,36,40)(H,37,41)/t28-,29+/m0/s1. The number of hydrogen-bond acceptors (Lipinski definition) is 7. The van der Waals surface area contributed by atoms with Crippen LogP contribution >= 0.6 is 11.9 Å². The lowest BCUT2D eigenvalue weighted by molar-refractivity contribution is -0.126. The van der Waals surface area contributed by atoms with Crippen LogP contribution in [-0.4, -0.2) is 59.6 Å². The van der Waals surface area contributed by atoms with Crippen molar-refractivity contribution < 1.29 is 23.5 Å². The van der Waals surface area contributed by atoms with Gasteiger partial charge in [0.05, 0.1) is 25.2 Å². The van der Waals surface area contributed by atoms with Crippen molar-refractivity contribution in [3.8, 4) is 0 Å². The van der Waals surface area contributed by atoms with E-state index in [-0.39, 0.29) is 31.7 Å². The van der Waals surface area contributed by atoms with Gasteiger partial charge in [-0.15, -0.1) is 0 Å². The molecular formula is C31H39F2N5O3S. The smallest absolute Gasteiger partial charge is 0.239 e. The second-order valence-corrected chi connectivity index (χ2v) is 11.6. The molecule has 3 aromatic rings. The summed E-state index contributed by atoms with van der Waals surface area (Å²) in [6, 6.07) is 20.0. The van der Waals surface area contributed by atoms with Crippen molar-refractivity contribution in [2.45, 2.75) is 43.9 Å². The first-order valence-corrected chi connectivity index (χ1v) is 14.6. The first-order chi connectivity index (χ1) is 20.1. The van der Waals surface area contributed by atoms with Crippen LogP contribution in [0.25, 0.3) is 0 Å². The molecule has 0 fully saturated rings. The zero-order chi connectivity index (χ0) is 30.5. The molecule has 0 saturated carbocycles. The molecule has 6 N–H and O–H groups in total. The normalized spacial score (nSPS) is 12.7. The number of halogens is 2. The topological polar surface area (TPSA) is 120 Å². The van der Waals surface area contributed by atoms with Gasteiger partial charge in [0, 0.05) is 35.8 Å². The number of aliphatic hydroxyl groups excluding tert-OH is 1. The number of nitrogens with one attached hydrogen (secondary N) is 3. The third-order valence-electron chi connectivity index (χ3n) is 6.28. The monoisotopic (exact) mass is 599 g/mol. The van der Waals surface area contributed by atoms with Crippen LogP contribution in [0, 0.1) is 17.6 Å². The van der Waals surface area contributed by atoms with E-state index >= 15 is 0 Å². The van der Waals surface area contributed by atoms with Crippen molar-refractivity contribution >= 4 is 29.4 Å². The molecule has 0 aliphatic rings. The van der Waals surface area contributed by atoms with Gasteiger partial charge < -0.3 is 26.8 Å². The van der Waals surface area contributed by atoms with Crippen LogP contribution in [0.4, 0.5) is 14.5 Å². The maximum atomic E-state index is 13.8. The SMILES string of the molecule is CC(C)CN(C[C@@H](O)[C@H](Cc1ccccc1)NC(=O)CNC(=O)CNCc1c(F)cccc1F)Sc1ccc(N)cc1. The molecule has 8 nitrogen and oxygen atoms in total. The van der Waals surface area contributed by atoms with Gasteiger partial charge in [0.2, 0.25) is 11.8 Å². The van der Waals surface area contributed by atoms with Gasteiger partial charge in [-0.05, 0) is 66.2 Å². The second kappa shape index (κ2) is 16.8. The summed E-state index contributed by atoms with van der Waals surface area (Å²) in [6.45, 7) is 4.45. The van der Waals surface area contributed by atoms with Gasteiger partial charge in [0.25, 0.3) is 0 Å². The number of amides is 2. The van der Waals surface area contributed by atoms with E-state index in [4.69, 9.17) is 5.73 Å². The number of nitrogens with zero attached hydrogens (tertiary/aromatic N) is 1. The minimum Gasteiger partial charge on any atom is -0.399 e. The van der Waals surface area contributed by atoms with Crippen molar-refractivity contribution in [3.63, 3.8) is 0 Å².